The highest BCUT2D eigenvalue weighted by Gasteiger charge is 2.04. The Labute approximate surface area is 92.1 Å². The lowest BCUT2D eigenvalue weighted by atomic mass is 10.1. The van der Waals surface area contributed by atoms with Crippen LogP contribution in [0.25, 0.3) is 11.1 Å². The number of nitrogens with zero attached hydrogens (tertiary/aromatic N) is 1. The number of hydrogen-bond donors (Lipinski definition) is 2. The molecule has 0 bridgehead atoms. The van der Waals surface area contributed by atoms with E-state index in [4.69, 9.17) is 17.3 Å². The molecule has 0 fully saturated rings. The van der Waals surface area contributed by atoms with Gasteiger partial charge in [0, 0.05) is 29.1 Å². The minimum Gasteiger partial charge on any atom is -0.507 e. The molecule has 4 heteroatoms. The van der Waals surface area contributed by atoms with Gasteiger partial charge in [0.1, 0.15) is 10.9 Å². The Hall–Kier alpha value is -1.74. The lowest BCUT2D eigenvalue weighted by molar-refractivity contribution is 0.477. The van der Waals surface area contributed by atoms with Crippen molar-refractivity contribution >= 4 is 17.3 Å². The Kier molecular flexibility index (Phi) is 2.47. The van der Waals surface area contributed by atoms with Crippen molar-refractivity contribution in [2.45, 2.75) is 0 Å². The molecule has 1 aromatic heterocycles. The minimum absolute atomic E-state index is 0.138. The van der Waals surface area contributed by atoms with Crippen LogP contribution in [0.5, 0.6) is 5.75 Å². The van der Waals surface area contributed by atoms with Gasteiger partial charge in [0.25, 0.3) is 0 Å². The van der Waals surface area contributed by atoms with Crippen LogP contribution >= 0.6 is 11.6 Å². The van der Waals surface area contributed by atoms with E-state index in [1.165, 1.54) is 6.07 Å². The number of phenols is 1. The van der Waals surface area contributed by atoms with E-state index >= 15 is 0 Å². The zero-order valence-electron chi connectivity index (χ0n) is 7.81. The fourth-order valence-corrected chi connectivity index (χ4v) is 1.44. The number of aromatic hydroxyl groups is 1. The molecule has 0 saturated carbocycles. The Morgan fingerprint density at radius 2 is 2.00 bits per heavy atom. The maximum atomic E-state index is 9.67. The summed E-state index contributed by atoms with van der Waals surface area (Å²) in [6.07, 6.45) is 1.60. The zero-order chi connectivity index (χ0) is 10.8. The molecule has 0 unspecified atom stereocenters. The topological polar surface area (TPSA) is 59.1 Å². The molecule has 0 spiro atoms. The molecule has 1 heterocycles. The van der Waals surface area contributed by atoms with E-state index in [9.17, 15) is 5.11 Å². The van der Waals surface area contributed by atoms with Crippen molar-refractivity contribution in [3.63, 3.8) is 0 Å². The molecule has 1 aromatic carbocycles. The number of anilines is 1. The third kappa shape index (κ3) is 2.02. The Morgan fingerprint density at radius 1 is 1.20 bits per heavy atom. The summed E-state index contributed by atoms with van der Waals surface area (Å²) in [5.41, 5.74) is 7.55. The molecule has 0 radical (unpaired) electrons. The van der Waals surface area contributed by atoms with Gasteiger partial charge in [-0.05, 0) is 24.3 Å². The Bertz CT molecular complexity index is 482. The van der Waals surface area contributed by atoms with E-state index in [0.29, 0.717) is 16.4 Å². The van der Waals surface area contributed by atoms with Gasteiger partial charge in [0.15, 0.2) is 0 Å². The van der Waals surface area contributed by atoms with Crippen molar-refractivity contribution < 1.29 is 5.11 Å². The molecule has 2 rings (SSSR count). The molecule has 0 aliphatic rings. The first kappa shape index (κ1) is 9.80. The van der Waals surface area contributed by atoms with Crippen molar-refractivity contribution in [2.75, 3.05) is 5.73 Å². The number of phenolic OH excluding ortho intramolecular Hbond substituents is 1. The largest absolute Gasteiger partial charge is 0.507 e. The van der Waals surface area contributed by atoms with Gasteiger partial charge in [0.05, 0.1) is 0 Å². The predicted molar refractivity (Wildman–Crippen MR) is 60.8 cm³/mol. The highest BCUT2D eigenvalue weighted by atomic mass is 35.5. The molecule has 2 aromatic rings. The minimum atomic E-state index is 0.138. The van der Waals surface area contributed by atoms with Crippen LogP contribution in [0.4, 0.5) is 5.69 Å². The van der Waals surface area contributed by atoms with E-state index in [2.05, 4.69) is 4.98 Å². The lowest BCUT2D eigenvalue weighted by Crippen LogP contribution is -1.86. The van der Waals surface area contributed by atoms with Gasteiger partial charge >= 0.3 is 0 Å². The predicted octanol–water partition coefficient (Wildman–Crippen LogP) is 2.69. The van der Waals surface area contributed by atoms with E-state index in [1.807, 2.05) is 0 Å². The summed E-state index contributed by atoms with van der Waals surface area (Å²) in [5, 5.41) is 10.1. The fourth-order valence-electron chi connectivity index (χ4n) is 1.33. The third-order valence-corrected chi connectivity index (χ3v) is 2.28. The summed E-state index contributed by atoms with van der Waals surface area (Å²) in [5.74, 6) is 0.138. The van der Waals surface area contributed by atoms with Crippen LogP contribution in [0.3, 0.4) is 0 Å². The van der Waals surface area contributed by atoms with Gasteiger partial charge < -0.3 is 10.8 Å². The van der Waals surface area contributed by atoms with Gasteiger partial charge in [0.2, 0.25) is 0 Å². The maximum Gasteiger partial charge on any atom is 0.129 e. The molecule has 3 nitrogen and oxygen atoms in total. The fraction of sp³-hybridized carbons (Fsp3) is 0. The number of pyridine rings is 1. The van der Waals surface area contributed by atoms with Crippen LogP contribution < -0.4 is 5.73 Å². The first-order valence-electron chi connectivity index (χ1n) is 4.37. The summed E-state index contributed by atoms with van der Waals surface area (Å²) in [7, 11) is 0. The van der Waals surface area contributed by atoms with E-state index < -0.39 is 0 Å². The number of benzene rings is 1. The molecule has 0 amide bonds. The average Bonchev–Trinajstić information content (AvgIpc) is 2.20. The molecular formula is C11H9ClN2O. The highest BCUT2D eigenvalue weighted by Crippen LogP contribution is 2.30. The number of aromatic nitrogens is 1. The van der Waals surface area contributed by atoms with Crippen molar-refractivity contribution in [3.05, 3.63) is 41.7 Å². The summed E-state index contributed by atoms with van der Waals surface area (Å²) in [6, 6.07) is 8.44. The molecular weight excluding hydrogens is 212 g/mol. The monoisotopic (exact) mass is 220 g/mol. The number of hydrogen-bond acceptors (Lipinski definition) is 3. The van der Waals surface area contributed by atoms with Crippen LogP contribution in [-0.2, 0) is 0 Å². The summed E-state index contributed by atoms with van der Waals surface area (Å²) in [6.45, 7) is 0. The standard InChI is InChI=1S/C11H9ClN2O/c12-11-4-1-7(6-14-11)9-3-2-8(13)5-10(9)15/h1-6,15H,13H2. The third-order valence-electron chi connectivity index (χ3n) is 2.06. The molecule has 0 aliphatic heterocycles. The van der Waals surface area contributed by atoms with E-state index in [-0.39, 0.29) is 5.75 Å². The molecule has 0 aliphatic carbocycles. The van der Waals surface area contributed by atoms with Gasteiger partial charge in [-0.3, -0.25) is 0 Å². The SMILES string of the molecule is Nc1ccc(-c2ccc(Cl)nc2)c(O)c1. The summed E-state index contributed by atoms with van der Waals surface area (Å²) >= 11 is 5.67. The van der Waals surface area contributed by atoms with Crippen molar-refractivity contribution in [2.24, 2.45) is 0 Å². The molecule has 3 N–H and O–H groups in total. The second-order valence-corrected chi connectivity index (χ2v) is 3.53. The Morgan fingerprint density at radius 3 is 2.60 bits per heavy atom. The molecule has 76 valence electrons. The lowest BCUT2D eigenvalue weighted by Gasteiger charge is -2.04. The number of rotatable bonds is 1. The maximum absolute atomic E-state index is 9.67. The molecule has 0 saturated heterocycles. The molecule has 0 atom stereocenters. The van der Waals surface area contributed by atoms with E-state index in [0.717, 1.165) is 5.56 Å². The van der Waals surface area contributed by atoms with Crippen molar-refractivity contribution in [1.82, 2.24) is 4.98 Å². The first-order valence-corrected chi connectivity index (χ1v) is 4.75. The number of halogens is 1. The van der Waals surface area contributed by atoms with Crippen molar-refractivity contribution in [3.8, 4) is 16.9 Å². The Balaban J connectivity index is 2.49. The van der Waals surface area contributed by atoms with E-state index in [1.54, 1.807) is 30.5 Å². The smallest absolute Gasteiger partial charge is 0.129 e. The quantitative estimate of drug-likeness (QED) is 0.574. The van der Waals surface area contributed by atoms with Gasteiger partial charge in [-0.1, -0.05) is 11.6 Å². The summed E-state index contributed by atoms with van der Waals surface area (Å²) in [4.78, 5) is 3.94. The zero-order valence-corrected chi connectivity index (χ0v) is 8.57. The first-order chi connectivity index (χ1) is 7.16. The van der Waals surface area contributed by atoms with Gasteiger partial charge in [-0.25, -0.2) is 4.98 Å². The second-order valence-electron chi connectivity index (χ2n) is 3.15. The second kappa shape index (κ2) is 3.79. The summed E-state index contributed by atoms with van der Waals surface area (Å²) < 4.78 is 0. The average molecular weight is 221 g/mol. The van der Waals surface area contributed by atoms with Crippen LogP contribution in [0.15, 0.2) is 36.5 Å². The normalized spacial score (nSPS) is 10.2. The number of nitrogens with two attached hydrogens (primary N) is 1. The van der Waals surface area contributed by atoms with Gasteiger partial charge in [-0.2, -0.15) is 0 Å². The number of nitrogen functional groups attached to an aromatic ring is 1. The van der Waals surface area contributed by atoms with Crippen LogP contribution in [0.1, 0.15) is 0 Å². The molecule has 15 heavy (non-hydrogen) atoms. The highest BCUT2D eigenvalue weighted by molar-refractivity contribution is 6.29. The van der Waals surface area contributed by atoms with Gasteiger partial charge in [-0.15, -0.1) is 0 Å². The van der Waals surface area contributed by atoms with Crippen LogP contribution in [0, 0.1) is 0 Å². The van der Waals surface area contributed by atoms with Crippen molar-refractivity contribution in [1.29, 1.82) is 0 Å². The van der Waals surface area contributed by atoms with Crippen LogP contribution in [-0.4, -0.2) is 10.1 Å². The van der Waals surface area contributed by atoms with Crippen LogP contribution in [0.2, 0.25) is 5.15 Å².